The number of nitrogens with two attached hydrogens (primary N) is 1. The second kappa shape index (κ2) is 6.40. The molecule has 1 amide bonds. The summed E-state index contributed by atoms with van der Waals surface area (Å²) in [6, 6.07) is 7.60. The van der Waals surface area contributed by atoms with E-state index in [-0.39, 0.29) is 11.7 Å². The number of carbonyl (C=O) groups excluding carboxylic acids is 1. The van der Waals surface area contributed by atoms with Crippen LogP contribution in [0.25, 0.3) is 0 Å². The zero-order chi connectivity index (χ0) is 14.7. The monoisotopic (exact) mass is 402 g/mol. The van der Waals surface area contributed by atoms with Crippen LogP contribution in [0.5, 0.6) is 0 Å². The summed E-state index contributed by atoms with van der Waals surface area (Å²) in [5.74, 6) is 0.0474. The lowest BCUT2D eigenvalue weighted by atomic mass is 10.3. The van der Waals surface area contributed by atoms with Crippen molar-refractivity contribution in [1.82, 2.24) is 4.98 Å². The van der Waals surface area contributed by atoms with Gasteiger partial charge in [0.05, 0.1) is 0 Å². The van der Waals surface area contributed by atoms with Crippen LogP contribution in [0.15, 0.2) is 24.3 Å². The normalized spacial score (nSPS) is 10.3. The van der Waals surface area contributed by atoms with Crippen LogP contribution in [0.3, 0.4) is 0 Å². The van der Waals surface area contributed by atoms with Gasteiger partial charge in [0.25, 0.3) is 5.91 Å². The molecule has 1 heterocycles. The number of nitrogens with one attached hydrogen (secondary N) is 1. The lowest BCUT2D eigenvalue weighted by Crippen LogP contribution is -2.15. The third kappa shape index (κ3) is 3.40. The molecule has 0 atom stereocenters. The molecule has 1 aromatic heterocycles. The number of nitrogens with zero attached hydrogens (tertiary/aromatic N) is 2. The zero-order valence-electron chi connectivity index (χ0n) is 11.2. The first-order valence-electron chi connectivity index (χ1n) is 6.05. The van der Waals surface area contributed by atoms with Crippen LogP contribution in [0.2, 0.25) is 0 Å². The molecule has 0 saturated heterocycles. The van der Waals surface area contributed by atoms with Gasteiger partial charge < -0.3 is 16.0 Å². The number of amides is 1. The van der Waals surface area contributed by atoms with Crippen LogP contribution in [0, 0.1) is 3.57 Å². The molecule has 0 aliphatic carbocycles. The molecule has 0 unspecified atom stereocenters. The lowest BCUT2D eigenvalue weighted by molar-refractivity contribution is 0.103. The van der Waals surface area contributed by atoms with Crippen LogP contribution >= 0.6 is 33.9 Å². The van der Waals surface area contributed by atoms with Gasteiger partial charge in [0.1, 0.15) is 10.7 Å². The Bertz CT molecular complexity index is 629. The summed E-state index contributed by atoms with van der Waals surface area (Å²) in [4.78, 5) is 18.8. The Morgan fingerprint density at radius 2 is 2.30 bits per heavy atom. The van der Waals surface area contributed by atoms with E-state index in [2.05, 4.69) is 32.9 Å². The minimum Gasteiger partial charge on any atom is -0.382 e. The second-order valence-electron chi connectivity index (χ2n) is 4.19. The topological polar surface area (TPSA) is 71.2 Å². The molecule has 7 heteroatoms. The lowest BCUT2D eigenvalue weighted by Gasteiger charge is -2.10. The Balaban J connectivity index is 2.19. The van der Waals surface area contributed by atoms with Crippen molar-refractivity contribution < 1.29 is 4.79 Å². The fraction of sp³-hybridized carbons (Fsp3) is 0.231. The molecule has 1 aromatic carbocycles. The minimum atomic E-state index is -0.224. The smallest absolute Gasteiger partial charge is 0.269 e. The first kappa shape index (κ1) is 15.0. The number of thiazole rings is 1. The number of benzene rings is 1. The van der Waals surface area contributed by atoms with E-state index in [0.717, 1.165) is 20.9 Å². The van der Waals surface area contributed by atoms with E-state index in [1.54, 1.807) is 0 Å². The zero-order valence-corrected chi connectivity index (χ0v) is 14.2. The highest BCUT2D eigenvalue weighted by molar-refractivity contribution is 14.1. The number of aromatic nitrogens is 1. The minimum absolute atomic E-state index is 0.224. The van der Waals surface area contributed by atoms with Gasteiger partial charge in [0.15, 0.2) is 5.13 Å². The molecule has 0 aliphatic heterocycles. The van der Waals surface area contributed by atoms with Crippen LogP contribution in [0.1, 0.15) is 16.6 Å². The summed E-state index contributed by atoms with van der Waals surface area (Å²) >= 11 is 3.50. The standard InChI is InChI=1S/C13H15IN4OS/c1-3-18(2)13-17-11(15)10(20-13)12(19)16-9-6-4-5-8(14)7-9/h4-7H,3,15H2,1-2H3,(H,16,19). The first-order chi connectivity index (χ1) is 9.51. The predicted octanol–water partition coefficient (Wildman–Crippen LogP) is 3.04. The largest absolute Gasteiger partial charge is 0.382 e. The molecule has 0 spiro atoms. The van der Waals surface area contributed by atoms with E-state index in [1.807, 2.05) is 43.1 Å². The fourth-order valence-electron chi connectivity index (χ4n) is 1.54. The predicted molar refractivity (Wildman–Crippen MR) is 92.6 cm³/mol. The van der Waals surface area contributed by atoms with Crippen molar-refractivity contribution >= 4 is 56.5 Å². The summed E-state index contributed by atoms with van der Waals surface area (Å²) in [5, 5.41) is 3.59. The molecule has 2 aromatic rings. The number of hydrogen-bond acceptors (Lipinski definition) is 5. The maximum atomic E-state index is 12.2. The van der Waals surface area contributed by atoms with Crippen molar-refractivity contribution in [2.24, 2.45) is 0 Å². The van der Waals surface area contributed by atoms with Crippen molar-refractivity contribution in [1.29, 1.82) is 0 Å². The number of nitrogen functional groups attached to an aromatic ring is 1. The van der Waals surface area contributed by atoms with Gasteiger partial charge in [-0.05, 0) is 47.7 Å². The van der Waals surface area contributed by atoms with Gasteiger partial charge in [-0.25, -0.2) is 4.98 Å². The highest BCUT2D eigenvalue weighted by atomic mass is 127. The van der Waals surface area contributed by atoms with Crippen LogP contribution in [0.4, 0.5) is 16.6 Å². The van der Waals surface area contributed by atoms with Gasteiger partial charge in [-0.3, -0.25) is 4.79 Å². The molecular weight excluding hydrogens is 387 g/mol. The first-order valence-corrected chi connectivity index (χ1v) is 7.95. The maximum Gasteiger partial charge on any atom is 0.269 e. The van der Waals surface area contributed by atoms with Crippen molar-refractivity contribution in [3.8, 4) is 0 Å². The van der Waals surface area contributed by atoms with Crippen molar-refractivity contribution in [2.45, 2.75) is 6.92 Å². The molecular formula is C13H15IN4OS. The fourth-order valence-corrected chi connectivity index (χ4v) is 2.98. The van der Waals surface area contributed by atoms with Gasteiger partial charge in [-0.2, -0.15) is 0 Å². The average Bonchev–Trinajstić information content (AvgIpc) is 2.80. The molecule has 5 nitrogen and oxygen atoms in total. The molecule has 20 heavy (non-hydrogen) atoms. The Morgan fingerprint density at radius 1 is 1.55 bits per heavy atom. The summed E-state index contributed by atoms with van der Waals surface area (Å²) < 4.78 is 1.06. The Hall–Kier alpha value is -1.35. The third-order valence-corrected chi connectivity index (χ3v) is 4.59. The molecule has 0 radical (unpaired) electrons. The molecule has 3 N–H and O–H groups in total. The SMILES string of the molecule is CCN(C)c1nc(N)c(C(=O)Nc2cccc(I)c2)s1. The quantitative estimate of drug-likeness (QED) is 0.772. The Labute approximate surface area is 135 Å². The maximum absolute atomic E-state index is 12.2. The van der Waals surface area contributed by atoms with Gasteiger partial charge in [0.2, 0.25) is 0 Å². The van der Waals surface area contributed by atoms with Gasteiger partial charge in [-0.1, -0.05) is 17.4 Å². The van der Waals surface area contributed by atoms with Crippen molar-refractivity contribution in [2.75, 3.05) is 29.5 Å². The molecule has 0 saturated carbocycles. The van der Waals surface area contributed by atoms with E-state index < -0.39 is 0 Å². The highest BCUT2D eigenvalue weighted by Crippen LogP contribution is 2.28. The number of halogens is 1. The van der Waals surface area contributed by atoms with Crippen molar-refractivity contribution in [3.05, 3.63) is 32.7 Å². The van der Waals surface area contributed by atoms with Gasteiger partial charge in [-0.15, -0.1) is 0 Å². The Kier molecular flexibility index (Phi) is 4.81. The number of rotatable bonds is 4. The number of hydrogen-bond donors (Lipinski definition) is 2. The number of anilines is 3. The second-order valence-corrected chi connectivity index (χ2v) is 6.41. The van der Waals surface area contributed by atoms with E-state index in [9.17, 15) is 4.79 Å². The summed E-state index contributed by atoms with van der Waals surface area (Å²) in [6.07, 6.45) is 0. The summed E-state index contributed by atoms with van der Waals surface area (Å²) in [5.41, 5.74) is 6.58. The highest BCUT2D eigenvalue weighted by Gasteiger charge is 2.17. The number of carbonyl (C=O) groups is 1. The average molecular weight is 402 g/mol. The summed E-state index contributed by atoms with van der Waals surface area (Å²) in [7, 11) is 1.92. The third-order valence-electron chi connectivity index (χ3n) is 2.73. The van der Waals surface area contributed by atoms with Crippen LogP contribution in [-0.2, 0) is 0 Å². The molecule has 0 bridgehead atoms. The van der Waals surface area contributed by atoms with Gasteiger partial charge >= 0.3 is 0 Å². The molecule has 106 valence electrons. The van der Waals surface area contributed by atoms with E-state index in [4.69, 9.17) is 5.73 Å². The van der Waals surface area contributed by atoms with Crippen molar-refractivity contribution in [3.63, 3.8) is 0 Å². The van der Waals surface area contributed by atoms with E-state index in [1.165, 1.54) is 11.3 Å². The van der Waals surface area contributed by atoms with Gasteiger partial charge in [0, 0.05) is 22.8 Å². The van der Waals surface area contributed by atoms with E-state index >= 15 is 0 Å². The van der Waals surface area contributed by atoms with E-state index in [0.29, 0.717) is 4.88 Å². The van der Waals surface area contributed by atoms with Crippen LogP contribution < -0.4 is 16.0 Å². The molecule has 2 rings (SSSR count). The molecule has 0 fully saturated rings. The molecule has 0 aliphatic rings. The summed E-state index contributed by atoms with van der Waals surface area (Å²) in [6.45, 7) is 2.83. The Morgan fingerprint density at radius 3 is 2.95 bits per heavy atom. The van der Waals surface area contributed by atoms with Crippen LogP contribution in [-0.4, -0.2) is 24.5 Å².